The maximum Gasteiger partial charge on any atom is 0.306 e. The first kappa shape index (κ1) is 24.0. The van der Waals surface area contributed by atoms with Crippen LogP contribution in [0.5, 0.6) is 0 Å². The number of amides is 2. The zero-order chi connectivity index (χ0) is 22.5. The van der Waals surface area contributed by atoms with Crippen molar-refractivity contribution in [3.05, 3.63) is 60.2 Å². The van der Waals surface area contributed by atoms with Crippen molar-refractivity contribution >= 4 is 46.5 Å². The van der Waals surface area contributed by atoms with Crippen LogP contribution in [0, 0.1) is 0 Å². The van der Waals surface area contributed by atoms with E-state index < -0.39 is 5.97 Å². The fourth-order valence-corrected chi connectivity index (χ4v) is 2.85. The highest BCUT2D eigenvalue weighted by atomic mass is 32.1. The minimum absolute atomic E-state index is 0.00167. The van der Waals surface area contributed by atoms with E-state index >= 15 is 0 Å². The quantitative estimate of drug-likeness (QED) is 0.383. The van der Waals surface area contributed by atoms with Crippen LogP contribution in [0.3, 0.4) is 0 Å². The summed E-state index contributed by atoms with van der Waals surface area (Å²) < 4.78 is 4.92. The van der Waals surface area contributed by atoms with Crippen molar-refractivity contribution in [3.63, 3.8) is 0 Å². The second-order valence-corrected chi connectivity index (χ2v) is 7.24. The van der Waals surface area contributed by atoms with Crippen LogP contribution >= 0.6 is 12.2 Å². The highest BCUT2D eigenvalue weighted by Crippen LogP contribution is 2.14. The van der Waals surface area contributed by atoms with E-state index in [2.05, 4.69) is 16.0 Å². The summed E-state index contributed by atoms with van der Waals surface area (Å²) in [5.74, 6) is -0.838. The second kappa shape index (κ2) is 13.1. The van der Waals surface area contributed by atoms with Crippen molar-refractivity contribution in [2.24, 2.45) is 0 Å². The first-order valence-corrected chi connectivity index (χ1v) is 10.6. The van der Waals surface area contributed by atoms with E-state index in [4.69, 9.17) is 17.0 Å². The summed E-state index contributed by atoms with van der Waals surface area (Å²) in [6.45, 7) is 2.25. The summed E-state index contributed by atoms with van der Waals surface area (Å²) in [6, 6.07) is 16.8. The summed E-state index contributed by atoms with van der Waals surface area (Å²) in [7, 11) is 0. The molecule has 0 fully saturated rings. The zero-order valence-corrected chi connectivity index (χ0v) is 18.3. The molecular weight excluding hydrogens is 414 g/mol. The van der Waals surface area contributed by atoms with Gasteiger partial charge in [-0.25, -0.2) is 0 Å². The SMILES string of the molecule is CCCOC(=O)CCC(=O)NC(=S)Nc1ccc(NC(=O)CCc2ccccc2)cc1. The molecule has 2 aromatic rings. The van der Waals surface area contributed by atoms with Crippen molar-refractivity contribution in [1.29, 1.82) is 0 Å². The molecular formula is C23H27N3O4S. The van der Waals surface area contributed by atoms with Crippen molar-refractivity contribution in [2.45, 2.75) is 39.0 Å². The third kappa shape index (κ3) is 9.86. The van der Waals surface area contributed by atoms with Crippen LogP contribution in [0.15, 0.2) is 54.6 Å². The molecule has 31 heavy (non-hydrogen) atoms. The number of rotatable bonds is 10. The smallest absolute Gasteiger partial charge is 0.306 e. The van der Waals surface area contributed by atoms with Gasteiger partial charge in [0.2, 0.25) is 11.8 Å². The number of hydrogen-bond donors (Lipinski definition) is 3. The van der Waals surface area contributed by atoms with Gasteiger partial charge in [0.05, 0.1) is 13.0 Å². The van der Waals surface area contributed by atoms with Crippen molar-refractivity contribution < 1.29 is 19.1 Å². The third-order valence-corrected chi connectivity index (χ3v) is 4.39. The predicted octanol–water partition coefficient (Wildman–Crippen LogP) is 3.80. The average molecular weight is 442 g/mol. The van der Waals surface area contributed by atoms with Crippen LogP contribution < -0.4 is 16.0 Å². The molecule has 8 heteroatoms. The molecule has 164 valence electrons. The van der Waals surface area contributed by atoms with Crippen molar-refractivity contribution in [3.8, 4) is 0 Å². The highest BCUT2D eigenvalue weighted by molar-refractivity contribution is 7.80. The van der Waals surface area contributed by atoms with Gasteiger partial charge in [-0.05, 0) is 54.9 Å². The number of thiocarbonyl (C=S) groups is 1. The second-order valence-electron chi connectivity index (χ2n) is 6.83. The van der Waals surface area contributed by atoms with Gasteiger partial charge in [0.25, 0.3) is 0 Å². The molecule has 3 N–H and O–H groups in total. The molecule has 7 nitrogen and oxygen atoms in total. The standard InChI is InChI=1S/C23H27N3O4S/c1-2-16-30-22(29)15-14-21(28)26-23(31)25-19-11-9-18(10-12-19)24-20(27)13-8-17-6-4-3-5-7-17/h3-7,9-12H,2,8,13-16H2,1H3,(H,24,27)(H2,25,26,28,31). The van der Waals surface area contributed by atoms with Crippen LogP contribution in [0.2, 0.25) is 0 Å². The van der Waals surface area contributed by atoms with Gasteiger partial charge in [-0.2, -0.15) is 0 Å². The summed E-state index contributed by atoms with van der Waals surface area (Å²) in [5, 5.41) is 8.40. The number of carbonyl (C=O) groups is 3. The van der Waals surface area contributed by atoms with Gasteiger partial charge in [0, 0.05) is 24.2 Å². The summed E-state index contributed by atoms with van der Waals surface area (Å²) in [4.78, 5) is 35.4. The fraction of sp³-hybridized carbons (Fsp3) is 0.304. The number of aryl methyl sites for hydroxylation is 1. The molecule has 2 rings (SSSR count). The maximum atomic E-state index is 12.1. The first-order chi connectivity index (χ1) is 15.0. The predicted molar refractivity (Wildman–Crippen MR) is 125 cm³/mol. The molecule has 0 atom stereocenters. The van der Waals surface area contributed by atoms with Gasteiger partial charge in [0.1, 0.15) is 0 Å². The van der Waals surface area contributed by atoms with Crippen LogP contribution in [-0.4, -0.2) is 29.5 Å². The summed E-state index contributed by atoms with van der Waals surface area (Å²) in [6.07, 6.45) is 1.82. The average Bonchev–Trinajstić information content (AvgIpc) is 2.77. The van der Waals surface area contributed by atoms with Crippen LogP contribution in [-0.2, 0) is 25.5 Å². The molecule has 0 aliphatic carbocycles. The van der Waals surface area contributed by atoms with Gasteiger partial charge < -0.3 is 20.7 Å². The molecule has 0 unspecified atom stereocenters. The Morgan fingerprint density at radius 1 is 0.839 bits per heavy atom. The lowest BCUT2D eigenvalue weighted by molar-refractivity contribution is -0.144. The van der Waals surface area contributed by atoms with E-state index in [9.17, 15) is 14.4 Å². The number of nitrogens with one attached hydrogen (secondary N) is 3. The molecule has 0 bridgehead atoms. The maximum absolute atomic E-state index is 12.1. The van der Waals surface area contributed by atoms with Gasteiger partial charge in [-0.15, -0.1) is 0 Å². The largest absolute Gasteiger partial charge is 0.466 e. The Kier molecular flexibility index (Phi) is 10.2. The molecule has 0 aromatic heterocycles. The molecule has 0 spiro atoms. The molecule has 0 aliphatic heterocycles. The minimum atomic E-state index is -0.405. The fourth-order valence-electron chi connectivity index (χ4n) is 2.62. The van der Waals surface area contributed by atoms with E-state index in [0.717, 1.165) is 12.0 Å². The van der Waals surface area contributed by atoms with E-state index in [-0.39, 0.29) is 29.8 Å². The van der Waals surface area contributed by atoms with E-state index in [1.807, 2.05) is 37.3 Å². The number of anilines is 2. The Balaban J connectivity index is 1.70. The zero-order valence-electron chi connectivity index (χ0n) is 17.5. The minimum Gasteiger partial charge on any atom is -0.466 e. The topological polar surface area (TPSA) is 96.5 Å². The molecule has 2 amide bonds. The number of ether oxygens (including phenoxy) is 1. The lowest BCUT2D eigenvalue weighted by Gasteiger charge is -2.11. The Hall–Kier alpha value is -3.26. The molecule has 0 heterocycles. The number of carbonyl (C=O) groups excluding carboxylic acids is 3. The Labute approximate surface area is 187 Å². The molecule has 2 aromatic carbocycles. The molecule has 0 radical (unpaired) electrons. The van der Waals surface area contributed by atoms with Crippen LogP contribution in [0.1, 0.15) is 38.2 Å². The van der Waals surface area contributed by atoms with Crippen LogP contribution in [0.25, 0.3) is 0 Å². The van der Waals surface area contributed by atoms with Crippen LogP contribution in [0.4, 0.5) is 11.4 Å². The van der Waals surface area contributed by atoms with E-state index in [1.165, 1.54) is 0 Å². The highest BCUT2D eigenvalue weighted by Gasteiger charge is 2.10. The van der Waals surface area contributed by atoms with E-state index in [0.29, 0.717) is 30.8 Å². The van der Waals surface area contributed by atoms with Gasteiger partial charge >= 0.3 is 5.97 Å². The third-order valence-electron chi connectivity index (χ3n) is 4.19. The Bertz CT molecular complexity index is 885. The molecule has 0 saturated carbocycles. The van der Waals surface area contributed by atoms with Crippen molar-refractivity contribution in [2.75, 3.05) is 17.2 Å². The number of hydrogen-bond acceptors (Lipinski definition) is 5. The molecule has 0 saturated heterocycles. The van der Waals surface area contributed by atoms with Gasteiger partial charge in [0.15, 0.2) is 5.11 Å². The monoisotopic (exact) mass is 441 g/mol. The number of benzene rings is 2. The number of esters is 1. The summed E-state index contributed by atoms with van der Waals surface area (Å²) in [5.41, 5.74) is 2.45. The molecule has 0 aliphatic rings. The normalized spacial score (nSPS) is 10.1. The van der Waals surface area contributed by atoms with Crippen molar-refractivity contribution in [1.82, 2.24) is 5.32 Å². The Morgan fingerprint density at radius 3 is 2.13 bits per heavy atom. The van der Waals surface area contributed by atoms with Gasteiger partial charge in [-0.1, -0.05) is 37.3 Å². The van der Waals surface area contributed by atoms with Gasteiger partial charge in [-0.3, -0.25) is 14.4 Å². The van der Waals surface area contributed by atoms with E-state index in [1.54, 1.807) is 24.3 Å². The lowest BCUT2D eigenvalue weighted by atomic mass is 10.1. The first-order valence-electron chi connectivity index (χ1n) is 10.2. The lowest BCUT2D eigenvalue weighted by Crippen LogP contribution is -2.34. The summed E-state index contributed by atoms with van der Waals surface area (Å²) >= 11 is 5.12. The Morgan fingerprint density at radius 2 is 1.48 bits per heavy atom.